The van der Waals surface area contributed by atoms with E-state index in [0.717, 1.165) is 5.56 Å². The van der Waals surface area contributed by atoms with Gasteiger partial charge in [0.05, 0.1) is 12.1 Å². The number of aliphatic carboxylic acids is 1. The molecule has 2 rings (SSSR count). The summed E-state index contributed by atoms with van der Waals surface area (Å²) in [6, 6.07) is 15.1. The predicted molar refractivity (Wildman–Crippen MR) is 102 cm³/mol. The Morgan fingerprint density at radius 1 is 1.11 bits per heavy atom. The molecule has 0 radical (unpaired) electrons. The van der Waals surface area contributed by atoms with Crippen molar-refractivity contribution < 1.29 is 29.0 Å². The minimum atomic E-state index is -1.07. The van der Waals surface area contributed by atoms with Crippen LogP contribution in [0.4, 0.5) is 0 Å². The van der Waals surface area contributed by atoms with Gasteiger partial charge in [0, 0.05) is 5.56 Å². The van der Waals surface area contributed by atoms with E-state index in [9.17, 15) is 19.2 Å². The zero-order valence-electron chi connectivity index (χ0n) is 15.3. The molecule has 0 aromatic heterocycles. The van der Waals surface area contributed by atoms with Crippen LogP contribution >= 0.6 is 0 Å². The third-order valence-corrected chi connectivity index (χ3v) is 3.45. The number of amides is 1. The van der Waals surface area contributed by atoms with E-state index in [1.165, 1.54) is 6.92 Å². The second kappa shape index (κ2) is 12.0. The zero-order valence-corrected chi connectivity index (χ0v) is 15.3. The smallest absolute Gasteiger partial charge is 0.339 e. The fourth-order valence-electron chi connectivity index (χ4n) is 1.95. The molecule has 28 heavy (non-hydrogen) atoms. The second-order valence-corrected chi connectivity index (χ2v) is 5.60. The summed E-state index contributed by atoms with van der Waals surface area (Å²) in [6.07, 6.45) is 0.652. The molecule has 0 saturated heterocycles. The van der Waals surface area contributed by atoms with Crippen molar-refractivity contribution in [3.8, 4) is 0 Å². The third kappa shape index (κ3) is 7.79. The van der Waals surface area contributed by atoms with Gasteiger partial charge in [-0.25, -0.2) is 4.79 Å². The Hall–Kier alpha value is -3.52. The van der Waals surface area contributed by atoms with E-state index in [4.69, 9.17) is 15.6 Å². The van der Waals surface area contributed by atoms with Crippen molar-refractivity contribution in [2.45, 2.75) is 19.6 Å². The van der Waals surface area contributed by atoms with E-state index in [2.05, 4.69) is 5.32 Å². The number of carboxylic acids is 1. The summed E-state index contributed by atoms with van der Waals surface area (Å²) in [5, 5.41) is 10.4. The van der Waals surface area contributed by atoms with Crippen LogP contribution in [0.3, 0.4) is 0 Å². The lowest BCUT2D eigenvalue weighted by molar-refractivity contribution is -0.141. The number of carbonyl (C=O) groups is 4. The van der Waals surface area contributed by atoms with Crippen LogP contribution in [-0.2, 0) is 20.9 Å². The number of carboxylic acid groups (broad SMARTS) is 1. The second-order valence-electron chi connectivity index (χ2n) is 5.60. The average molecular weight is 386 g/mol. The number of benzene rings is 2. The first-order chi connectivity index (χ1) is 13.4. The Bertz CT molecular complexity index is 807. The molecule has 4 N–H and O–H groups in total. The Labute approximate surface area is 162 Å². The molecule has 1 atom stereocenters. The van der Waals surface area contributed by atoms with Crippen LogP contribution < -0.4 is 11.1 Å². The zero-order chi connectivity index (χ0) is 20.9. The number of esters is 1. The van der Waals surface area contributed by atoms with Gasteiger partial charge < -0.3 is 20.9 Å². The molecule has 0 aliphatic rings. The van der Waals surface area contributed by atoms with E-state index in [1.54, 1.807) is 24.3 Å². The maximum atomic E-state index is 11.8. The molecule has 0 fully saturated rings. The number of rotatable bonds is 7. The Morgan fingerprint density at radius 3 is 2.29 bits per heavy atom. The number of carbonyl (C=O) groups excluding carboxylic acids is 3. The first kappa shape index (κ1) is 22.5. The van der Waals surface area contributed by atoms with Crippen LogP contribution in [0, 0.1) is 0 Å². The SMILES string of the molecule is C[C@H](NC(=O)CN)C(=O)O.O=Cc1ccccc1C(=O)OCc1ccccc1. The molecule has 0 aliphatic heterocycles. The van der Waals surface area contributed by atoms with Crippen LogP contribution in [0.5, 0.6) is 0 Å². The highest BCUT2D eigenvalue weighted by Gasteiger charge is 2.12. The van der Waals surface area contributed by atoms with Crippen LogP contribution in [0.2, 0.25) is 0 Å². The number of aldehydes is 1. The topological polar surface area (TPSA) is 136 Å². The Kier molecular flexibility index (Phi) is 9.63. The molecule has 0 spiro atoms. The van der Waals surface area contributed by atoms with Gasteiger partial charge in [-0.3, -0.25) is 14.4 Å². The minimum Gasteiger partial charge on any atom is -0.480 e. The normalized spacial score (nSPS) is 10.6. The molecule has 8 nitrogen and oxygen atoms in total. The summed E-state index contributed by atoms with van der Waals surface area (Å²) in [7, 11) is 0. The minimum absolute atomic E-state index is 0.183. The number of nitrogens with two attached hydrogens (primary N) is 1. The van der Waals surface area contributed by atoms with Gasteiger partial charge in [-0.1, -0.05) is 48.5 Å². The van der Waals surface area contributed by atoms with Gasteiger partial charge in [0.1, 0.15) is 12.6 Å². The van der Waals surface area contributed by atoms with Gasteiger partial charge in [0.25, 0.3) is 0 Å². The van der Waals surface area contributed by atoms with Gasteiger partial charge in [-0.15, -0.1) is 0 Å². The fourth-order valence-corrected chi connectivity index (χ4v) is 1.95. The third-order valence-electron chi connectivity index (χ3n) is 3.45. The van der Waals surface area contributed by atoms with Gasteiger partial charge >= 0.3 is 11.9 Å². The van der Waals surface area contributed by atoms with Gasteiger partial charge in [0.15, 0.2) is 6.29 Å². The summed E-state index contributed by atoms with van der Waals surface area (Å²) in [6.45, 7) is 1.39. The highest BCUT2D eigenvalue weighted by atomic mass is 16.5. The summed E-state index contributed by atoms with van der Waals surface area (Å²) in [5.74, 6) is -2.02. The molecule has 8 heteroatoms. The van der Waals surface area contributed by atoms with Crippen molar-refractivity contribution in [1.82, 2.24) is 5.32 Å². The quantitative estimate of drug-likeness (QED) is 0.483. The van der Waals surface area contributed by atoms with Crippen LogP contribution in [0.15, 0.2) is 54.6 Å². The molecule has 0 saturated carbocycles. The lowest BCUT2D eigenvalue weighted by Gasteiger charge is -2.06. The molecule has 0 bridgehead atoms. The Balaban J connectivity index is 0.000000336. The van der Waals surface area contributed by atoms with E-state index >= 15 is 0 Å². The largest absolute Gasteiger partial charge is 0.480 e. The number of ether oxygens (including phenoxy) is 1. The number of hydrogen-bond donors (Lipinski definition) is 3. The molecule has 148 valence electrons. The van der Waals surface area contributed by atoms with E-state index in [0.29, 0.717) is 17.4 Å². The van der Waals surface area contributed by atoms with Gasteiger partial charge in [-0.05, 0) is 18.6 Å². The first-order valence-corrected chi connectivity index (χ1v) is 8.36. The van der Waals surface area contributed by atoms with Crippen LogP contribution in [0.25, 0.3) is 0 Å². The molecule has 0 aliphatic carbocycles. The monoisotopic (exact) mass is 386 g/mol. The first-order valence-electron chi connectivity index (χ1n) is 8.36. The Morgan fingerprint density at radius 2 is 1.71 bits per heavy atom. The molecule has 0 unspecified atom stereocenters. The summed E-state index contributed by atoms with van der Waals surface area (Å²) in [5.41, 5.74) is 6.46. The van der Waals surface area contributed by atoms with E-state index in [1.807, 2.05) is 30.3 Å². The van der Waals surface area contributed by atoms with Gasteiger partial charge in [0.2, 0.25) is 5.91 Å². The molecular formula is C20H22N2O6. The van der Waals surface area contributed by atoms with Crippen molar-refractivity contribution >= 4 is 24.1 Å². The van der Waals surface area contributed by atoms with Crippen molar-refractivity contribution in [2.75, 3.05) is 6.54 Å². The van der Waals surface area contributed by atoms with Crippen LogP contribution in [0.1, 0.15) is 33.2 Å². The molecule has 2 aromatic rings. The highest BCUT2D eigenvalue weighted by Crippen LogP contribution is 2.10. The molecule has 1 amide bonds. The van der Waals surface area contributed by atoms with Crippen molar-refractivity contribution in [1.29, 1.82) is 0 Å². The van der Waals surface area contributed by atoms with E-state index < -0.39 is 23.9 Å². The fraction of sp³-hybridized carbons (Fsp3) is 0.200. The molecular weight excluding hydrogens is 364 g/mol. The summed E-state index contributed by atoms with van der Waals surface area (Å²) >= 11 is 0. The molecule has 0 heterocycles. The standard InChI is InChI=1S/C15H12O3.C5H10N2O3/c16-10-13-8-4-5-9-14(13)15(17)18-11-12-6-2-1-3-7-12;1-3(5(9)10)7-4(8)2-6/h1-10H,11H2;3H,2,6H2,1H3,(H,7,8)(H,9,10)/t;3-/m.0/s1. The van der Waals surface area contributed by atoms with Crippen molar-refractivity contribution in [2.24, 2.45) is 5.73 Å². The lowest BCUT2D eigenvalue weighted by atomic mass is 10.1. The number of nitrogens with one attached hydrogen (secondary N) is 1. The van der Waals surface area contributed by atoms with Crippen molar-refractivity contribution in [3.05, 3.63) is 71.3 Å². The number of hydrogen-bond acceptors (Lipinski definition) is 6. The average Bonchev–Trinajstić information content (AvgIpc) is 2.72. The summed E-state index contributed by atoms with van der Waals surface area (Å²) < 4.78 is 5.16. The predicted octanol–water partition coefficient (Wildman–Crippen LogP) is 1.39. The highest BCUT2D eigenvalue weighted by molar-refractivity contribution is 5.98. The van der Waals surface area contributed by atoms with E-state index in [-0.39, 0.29) is 13.2 Å². The van der Waals surface area contributed by atoms with Crippen molar-refractivity contribution in [3.63, 3.8) is 0 Å². The van der Waals surface area contributed by atoms with Gasteiger partial charge in [-0.2, -0.15) is 0 Å². The maximum absolute atomic E-state index is 11.8. The molecule has 2 aromatic carbocycles. The maximum Gasteiger partial charge on any atom is 0.339 e. The lowest BCUT2D eigenvalue weighted by Crippen LogP contribution is -2.41. The summed E-state index contributed by atoms with van der Waals surface area (Å²) in [4.78, 5) is 43.1. The van der Waals surface area contributed by atoms with Crippen LogP contribution in [-0.4, -0.2) is 41.8 Å².